The molecule has 0 radical (unpaired) electrons. The van der Waals surface area contributed by atoms with E-state index in [9.17, 15) is 19.2 Å². The number of hydrogen-bond donors (Lipinski definition) is 2. The first-order valence-electron chi connectivity index (χ1n) is 23.4. The van der Waals surface area contributed by atoms with E-state index in [-0.39, 0.29) is 31.5 Å². The number of rotatable bonds is 19. The molecule has 0 saturated carbocycles. The number of nitrogens with zero attached hydrogens (tertiary/aromatic N) is 7. The number of aromatic nitrogens is 5. The number of benzene rings is 3. The first-order chi connectivity index (χ1) is 33.0. The molecule has 4 atom stereocenters. The quantitative estimate of drug-likeness (QED) is 0.0583. The molecule has 364 valence electrons. The summed E-state index contributed by atoms with van der Waals surface area (Å²) < 4.78 is 18.8. The molecule has 4 heterocycles. The van der Waals surface area contributed by atoms with Crippen LogP contribution >= 0.6 is 11.3 Å². The maximum Gasteiger partial charge on any atom is 0.302 e. The normalized spacial score (nSPS) is 15.7. The summed E-state index contributed by atoms with van der Waals surface area (Å²) in [5.41, 5.74) is 11.0. The first kappa shape index (κ1) is 50.2. The second-order valence-electron chi connectivity index (χ2n) is 18.8. The van der Waals surface area contributed by atoms with Gasteiger partial charge in [-0.05, 0) is 112 Å². The number of nitrogens with one attached hydrogen (secondary N) is 2. The van der Waals surface area contributed by atoms with Crippen LogP contribution in [0.1, 0.15) is 94.6 Å². The van der Waals surface area contributed by atoms with Gasteiger partial charge < -0.3 is 34.4 Å². The van der Waals surface area contributed by atoms with E-state index in [2.05, 4.69) is 73.1 Å². The van der Waals surface area contributed by atoms with Gasteiger partial charge in [-0.3, -0.25) is 23.7 Å². The minimum absolute atomic E-state index is 0.0188. The summed E-state index contributed by atoms with van der Waals surface area (Å²) >= 11 is 1.57. The van der Waals surface area contributed by atoms with E-state index < -0.39 is 41.4 Å². The van der Waals surface area contributed by atoms with E-state index in [0.29, 0.717) is 13.0 Å². The summed E-state index contributed by atoms with van der Waals surface area (Å²) in [4.78, 5) is 63.1. The van der Waals surface area contributed by atoms with Crippen LogP contribution in [0.3, 0.4) is 0 Å². The predicted molar refractivity (Wildman–Crippen MR) is 265 cm³/mol. The first-order valence-corrected chi connectivity index (χ1v) is 24.3. The number of likely N-dealkylation sites (tertiary alicyclic amines) is 1. The largest absolute Gasteiger partial charge is 0.461 e. The number of esters is 1. The number of carbonyl (C=O) groups is 4. The third-order valence-electron chi connectivity index (χ3n) is 12.5. The Morgan fingerprint density at radius 3 is 2.25 bits per heavy atom. The molecule has 17 heteroatoms. The van der Waals surface area contributed by atoms with Crippen LogP contribution in [0.25, 0.3) is 27.3 Å². The number of anilines is 2. The van der Waals surface area contributed by atoms with E-state index in [1.165, 1.54) is 11.8 Å². The molecule has 7 rings (SSSR count). The van der Waals surface area contributed by atoms with Crippen LogP contribution in [0, 0.1) is 33.1 Å². The molecule has 16 nitrogen and oxygen atoms in total. The van der Waals surface area contributed by atoms with Crippen LogP contribution in [0.5, 0.6) is 0 Å². The van der Waals surface area contributed by atoms with E-state index in [1.54, 1.807) is 24.0 Å². The lowest BCUT2D eigenvalue weighted by atomic mass is 9.85. The molecule has 3 aromatic carbocycles. The van der Waals surface area contributed by atoms with E-state index in [4.69, 9.17) is 14.0 Å². The zero-order valence-electron chi connectivity index (χ0n) is 40.9. The molecule has 1 aliphatic rings. The van der Waals surface area contributed by atoms with Gasteiger partial charge in [0.2, 0.25) is 17.7 Å². The highest BCUT2D eigenvalue weighted by Crippen LogP contribution is 2.36. The van der Waals surface area contributed by atoms with E-state index >= 15 is 0 Å². The van der Waals surface area contributed by atoms with Gasteiger partial charge in [0.15, 0.2) is 0 Å². The van der Waals surface area contributed by atoms with Crippen LogP contribution in [0.4, 0.5) is 11.4 Å². The van der Waals surface area contributed by atoms with Crippen molar-refractivity contribution in [2.24, 2.45) is 5.41 Å². The summed E-state index contributed by atoms with van der Waals surface area (Å²) in [6.07, 6.45) is 5.17. The van der Waals surface area contributed by atoms with Gasteiger partial charge in [0.05, 0.1) is 34.4 Å². The van der Waals surface area contributed by atoms with Crippen molar-refractivity contribution in [3.05, 3.63) is 113 Å². The molecular weight excluding hydrogens is 895 g/mol. The smallest absolute Gasteiger partial charge is 0.302 e. The molecule has 0 bridgehead atoms. The van der Waals surface area contributed by atoms with Crippen molar-refractivity contribution in [2.45, 2.75) is 112 Å². The molecule has 0 unspecified atom stereocenters. The van der Waals surface area contributed by atoms with Crippen molar-refractivity contribution in [3.8, 4) is 27.3 Å². The van der Waals surface area contributed by atoms with Crippen LogP contribution in [0.2, 0.25) is 0 Å². The highest BCUT2D eigenvalue weighted by Gasteiger charge is 2.46. The molecule has 0 aliphatic carbocycles. The number of carbonyl (C=O) groups excluding carboxylic acids is 4. The Labute approximate surface area is 407 Å². The minimum Gasteiger partial charge on any atom is -0.461 e. The van der Waals surface area contributed by atoms with E-state index in [1.807, 2.05) is 94.9 Å². The van der Waals surface area contributed by atoms with Crippen molar-refractivity contribution in [3.63, 3.8) is 0 Å². The Morgan fingerprint density at radius 1 is 0.899 bits per heavy atom. The second-order valence-corrected chi connectivity index (χ2v) is 19.7. The zero-order valence-corrected chi connectivity index (χ0v) is 41.8. The number of hydrogen-bond acceptors (Lipinski definition) is 13. The van der Waals surface area contributed by atoms with Gasteiger partial charge in [-0.1, -0.05) is 62.3 Å². The summed E-state index contributed by atoms with van der Waals surface area (Å²) in [7, 11) is 0. The van der Waals surface area contributed by atoms with Crippen molar-refractivity contribution in [1.82, 2.24) is 40.4 Å². The van der Waals surface area contributed by atoms with Gasteiger partial charge in [0.25, 0.3) is 0 Å². The van der Waals surface area contributed by atoms with Gasteiger partial charge in [0.1, 0.15) is 43.2 Å². The third kappa shape index (κ3) is 12.3. The van der Waals surface area contributed by atoms with Gasteiger partial charge in [-0.25, -0.2) is 4.98 Å². The standard InChI is InChI=1S/C52H63N9O7S/c1-32-13-14-40(47-34(3)58-68-36(47)5)25-44(32)60(42-21-19-41(20-22-42)59-29-54-55-30-59)23-11-10-12-24-66-28-46(63)57-49(52(7,8)9)51(65)61-27-43(67-37(6)62)26-45(61)50(64)56-33(2)38-15-17-39(18-16-38)48-35(4)53-31-69-48/h13-22,25,29-31,33,43,45,49H,10-12,23-24,26-28H2,1-9H3,(H,56,64)(H,57,63)/t33-,43+,45-,49+/m0/s1. The molecule has 1 aliphatic heterocycles. The Balaban J connectivity index is 0.945. The monoisotopic (exact) mass is 957 g/mol. The number of amides is 3. The zero-order chi connectivity index (χ0) is 49.4. The Morgan fingerprint density at radius 2 is 1.61 bits per heavy atom. The topological polar surface area (TPSA) is 187 Å². The summed E-state index contributed by atoms with van der Waals surface area (Å²) in [5.74, 6) is -0.992. The lowest BCUT2D eigenvalue weighted by Gasteiger charge is -2.35. The Hall–Kier alpha value is -6.72. The molecule has 1 fully saturated rings. The fourth-order valence-electron chi connectivity index (χ4n) is 8.82. The van der Waals surface area contributed by atoms with Crippen LogP contribution in [-0.4, -0.2) is 98.0 Å². The number of ether oxygens (including phenoxy) is 2. The average molecular weight is 958 g/mol. The van der Waals surface area contributed by atoms with Crippen molar-refractivity contribution in [1.29, 1.82) is 0 Å². The lowest BCUT2D eigenvalue weighted by molar-refractivity contribution is -0.147. The van der Waals surface area contributed by atoms with Gasteiger partial charge >= 0.3 is 5.97 Å². The third-order valence-corrected chi connectivity index (χ3v) is 13.5. The molecule has 0 spiro atoms. The SMILES string of the molecule is CC(=O)O[C@@H]1C[C@@H](C(=O)N[C@@H](C)c2ccc(-c3scnc3C)cc2)N(C(=O)[C@@H](NC(=O)COCCCCCN(c2ccc(-n3cnnc3)cc2)c2cc(-c3c(C)noc3C)ccc2C)C(C)(C)C)C1. The number of aryl methyl sites for hydroxylation is 4. The Kier molecular flexibility index (Phi) is 16.1. The molecular formula is C52H63N9O7S. The van der Waals surface area contributed by atoms with Crippen molar-refractivity contribution >= 4 is 46.4 Å². The fourth-order valence-corrected chi connectivity index (χ4v) is 9.63. The highest BCUT2D eigenvalue weighted by molar-refractivity contribution is 7.13. The second kappa shape index (κ2) is 22.1. The van der Waals surface area contributed by atoms with Gasteiger partial charge in [-0.15, -0.1) is 21.5 Å². The molecule has 3 amide bonds. The maximum absolute atomic E-state index is 14.4. The summed E-state index contributed by atoms with van der Waals surface area (Å²) in [5, 5.41) is 18.0. The fraction of sp³-hybridized carbons (Fsp3) is 0.423. The van der Waals surface area contributed by atoms with Crippen LogP contribution in [0.15, 0.2) is 89.4 Å². The summed E-state index contributed by atoms with van der Waals surface area (Å²) in [6, 6.07) is 20.4. The molecule has 69 heavy (non-hydrogen) atoms. The number of thiazole rings is 1. The molecule has 3 aromatic heterocycles. The maximum atomic E-state index is 14.4. The lowest BCUT2D eigenvalue weighted by Crippen LogP contribution is -2.58. The van der Waals surface area contributed by atoms with Crippen LogP contribution in [-0.2, 0) is 28.7 Å². The summed E-state index contributed by atoms with van der Waals surface area (Å²) in [6.45, 7) is 17.6. The minimum atomic E-state index is -0.989. The van der Waals surface area contributed by atoms with Crippen LogP contribution < -0.4 is 15.5 Å². The Bertz CT molecular complexity index is 2690. The predicted octanol–water partition coefficient (Wildman–Crippen LogP) is 8.55. The number of unbranched alkanes of at least 4 members (excludes halogenated alkanes) is 2. The average Bonchev–Trinajstić information content (AvgIpc) is 4.15. The van der Waals surface area contributed by atoms with Gasteiger partial charge in [-0.2, -0.15) is 0 Å². The highest BCUT2D eigenvalue weighted by atomic mass is 32.1. The van der Waals surface area contributed by atoms with Crippen molar-refractivity contribution < 1.29 is 33.2 Å². The van der Waals surface area contributed by atoms with E-state index in [0.717, 1.165) is 86.3 Å². The molecule has 1 saturated heterocycles. The molecule has 6 aromatic rings. The molecule has 2 N–H and O–H groups in total. The van der Waals surface area contributed by atoms with Gasteiger partial charge in [0, 0.05) is 49.1 Å². The van der Waals surface area contributed by atoms with Crippen molar-refractivity contribution in [2.75, 3.05) is 31.2 Å².